The van der Waals surface area contributed by atoms with Gasteiger partial charge in [0.15, 0.2) is 0 Å². The standard InChI is InChI=1S/C31H32N4O4/c32-23-13-9-20(10-14-23)30(36)38-18-17-29(39-31(37)21-11-15-24(33)16-12-21)26(25-6-2-4-8-28(25)35)19-22-5-1-3-7-27(22)34/h1-16,26,29H,17-19,32-35H2. The van der Waals surface area contributed by atoms with Crippen LogP contribution in [0.2, 0.25) is 0 Å². The number of esters is 2. The summed E-state index contributed by atoms with van der Waals surface area (Å²) in [5.41, 5.74) is 28.9. The van der Waals surface area contributed by atoms with E-state index in [9.17, 15) is 9.59 Å². The van der Waals surface area contributed by atoms with Crippen LogP contribution >= 0.6 is 0 Å². The number of nitrogens with two attached hydrogens (primary N) is 4. The Morgan fingerprint density at radius 3 is 1.77 bits per heavy atom. The van der Waals surface area contributed by atoms with Crippen molar-refractivity contribution in [2.24, 2.45) is 0 Å². The highest BCUT2D eigenvalue weighted by atomic mass is 16.6. The lowest BCUT2D eigenvalue weighted by Gasteiger charge is -2.29. The molecular formula is C31H32N4O4. The van der Waals surface area contributed by atoms with Gasteiger partial charge >= 0.3 is 11.9 Å². The molecular weight excluding hydrogens is 492 g/mol. The zero-order chi connectivity index (χ0) is 27.8. The second kappa shape index (κ2) is 12.5. The van der Waals surface area contributed by atoms with Crippen LogP contribution in [0.5, 0.6) is 0 Å². The first-order valence-corrected chi connectivity index (χ1v) is 12.6. The van der Waals surface area contributed by atoms with Gasteiger partial charge in [-0.1, -0.05) is 36.4 Å². The minimum Gasteiger partial charge on any atom is -0.462 e. The molecule has 0 heterocycles. The van der Waals surface area contributed by atoms with Gasteiger partial charge in [0.05, 0.1) is 17.7 Å². The van der Waals surface area contributed by atoms with Crippen molar-refractivity contribution in [1.82, 2.24) is 0 Å². The Labute approximate surface area is 227 Å². The molecule has 0 aromatic heterocycles. The topological polar surface area (TPSA) is 157 Å². The number of ether oxygens (including phenoxy) is 2. The maximum atomic E-state index is 13.2. The minimum absolute atomic E-state index is 0.0103. The van der Waals surface area contributed by atoms with Crippen molar-refractivity contribution in [3.05, 3.63) is 119 Å². The number of carbonyl (C=O) groups is 2. The molecule has 4 aromatic carbocycles. The summed E-state index contributed by atoms with van der Waals surface area (Å²) in [5.74, 6) is -1.39. The first kappa shape index (κ1) is 27.1. The van der Waals surface area contributed by atoms with Gasteiger partial charge in [0.25, 0.3) is 0 Å². The highest BCUT2D eigenvalue weighted by molar-refractivity contribution is 5.90. The number of para-hydroxylation sites is 2. The van der Waals surface area contributed by atoms with Crippen molar-refractivity contribution in [2.75, 3.05) is 29.5 Å². The van der Waals surface area contributed by atoms with E-state index in [2.05, 4.69) is 0 Å². The summed E-state index contributed by atoms with van der Waals surface area (Å²) >= 11 is 0. The van der Waals surface area contributed by atoms with Crippen LogP contribution in [0.3, 0.4) is 0 Å². The fourth-order valence-corrected chi connectivity index (χ4v) is 4.38. The molecule has 8 nitrogen and oxygen atoms in total. The Bertz CT molecular complexity index is 1420. The molecule has 0 spiro atoms. The molecule has 0 fully saturated rings. The number of nitrogen functional groups attached to an aromatic ring is 4. The Kier molecular flexibility index (Phi) is 8.68. The smallest absolute Gasteiger partial charge is 0.338 e. The average molecular weight is 525 g/mol. The van der Waals surface area contributed by atoms with E-state index in [0.29, 0.717) is 40.3 Å². The summed E-state index contributed by atoms with van der Waals surface area (Å²) in [6.45, 7) is 0.0103. The SMILES string of the molecule is Nc1ccc(C(=O)OCCC(OC(=O)c2ccc(N)cc2)C(Cc2ccccc2N)c2ccccc2N)cc1. The van der Waals surface area contributed by atoms with Crippen molar-refractivity contribution in [2.45, 2.75) is 24.9 Å². The average Bonchev–Trinajstić information content (AvgIpc) is 2.93. The van der Waals surface area contributed by atoms with Gasteiger partial charge in [0.2, 0.25) is 0 Å². The van der Waals surface area contributed by atoms with Gasteiger partial charge in [0.1, 0.15) is 6.10 Å². The molecule has 4 aromatic rings. The van der Waals surface area contributed by atoms with Crippen LogP contribution in [0, 0.1) is 0 Å². The zero-order valence-electron chi connectivity index (χ0n) is 21.5. The van der Waals surface area contributed by atoms with E-state index in [1.807, 2.05) is 42.5 Å². The third-order valence-corrected chi connectivity index (χ3v) is 6.53. The van der Waals surface area contributed by atoms with Gasteiger partial charge < -0.3 is 32.4 Å². The van der Waals surface area contributed by atoms with Crippen molar-refractivity contribution in [1.29, 1.82) is 0 Å². The molecule has 8 heteroatoms. The predicted molar refractivity (Wildman–Crippen MR) is 154 cm³/mol. The number of hydrogen-bond donors (Lipinski definition) is 4. The summed E-state index contributed by atoms with van der Waals surface area (Å²) in [5, 5.41) is 0. The summed E-state index contributed by atoms with van der Waals surface area (Å²) in [4.78, 5) is 25.8. The van der Waals surface area contributed by atoms with Crippen LogP contribution < -0.4 is 22.9 Å². The molecule has 0 amide bonds. The minimum atomic E-state index is -0.696. The van der Waals surface area contributed by atoms with Gasteiger partial charge in [-0.2, -0.15) is 0 Å². The van der Waals surface area contributed by atoms with Gasteiger partial charge in [-0.15, -0.1) is 0 Å². The summed E-state index contributed by atoms with van der Waals surface area (Å²) in [7, 11) is 0. The van der Waals surface area contributed by atoms with E-state index >= 15 is 0 Å². The van der Waals surface area contributed by atoms with Crippen LogP contribution in [0.25, 0.3) is 0 Å². The lowest BCUT2D eigenvalue weighted by atomic mass is 9.84. The predicted octanol–water partition coefficient (Wildman–Crippen LogP) is 4.81. The molecule has 0 aliphatic rings. The third kappa shape index (κ3) is 7.07. The normalized spacial score (nSPS) is 12.3. The van der Waals surface area contributed by atoms with Crippen molar-refractivity contribution in [3.8, 4) is 0 Å². The van der Waals surface area contributed by atoms with Crippen molar-refractivity contribution >= 4 is 34.7 Å². The van der Waals surface area contributed by atoms with Gasteiger partial charge in [-0.25, -0.2) is 9.59 Å². The largest absolute Gasteiger partial charge is 0.462 e. The zero-order valence-corrected chi connectivity index (χ0v) is 21.5. The molecule has 0 radical (unpaired) electrons. The van der Waals surface area contributed by atoms with Crippen molar-refractivity contribution < 1.29 is 19.1 Å². The van der Waals surface area contributed by atoms with Crippen LogP contribution in [0.1, 0.15) is 44.2 Å². The second-order valence-electron chi connectivity index (χ2n) is 9.25. The molecule has 4 rings (SSSR count). The maximum absolute atomic E-state index is 13.2. The van der Waals surface area contributed by atoms with E-state index in [0.717, 1.165) is 11.1 Å². The molecule has 0 aliphatic heterocycles. The van der Waals surface area contributed by atoms with E-state index in [4.69, 9.17) is 32.4 Å². The molecule has 8 N–H and O–H groups in total. The quantitative estimate of drug-likeness (QED) is 0.170. The lowest BCUT2D eigenvalue weighted by Crippen LogP contribution is -2.30. The molecule has 0 bridgehead atoms. The highest BCUT2D eigenvalue weighted by Crippen LogP contribution is 2.34. The molecule has 2 atom stereocenters. The number of carbonyl (C=O) groups excluding carboxylic acids is 2. The number of hydrogen-bond acceptors (Lipinski definition) is 8. The van der Waals surface area contributed by atoms with E-state index in [1.165, 1.54) is 0 Å². The summed E-state index contributed by atoms with van der Waals surface area (Å²) in [6, 6.07) is 27.9. The first-order chi connectivity index (χ1) is 18.8. The molecule has 200 valence electrons. The molecule has 0 saturated heterocycles. The fraction of sp³-hybridized carbons (Fsp3) is 0.161. The molecule has 0 aliphatic carbocycles. The van der Waals surface area contributed by atoms with Crippen LogP contribution in [-0.4, -0.2) is 24.6 Å². The van der Waals surface area contributed by atoms with Crippen LogP contribution in [-0.2, 0) is 15.9 Å². The first-order valence-electron chi connectivity index (χ1n) is 12.6. The Hall–Kier alpha value is -4.98. The van der Waals surface area contributed by atoms with Gasteiger partial charge in [-0.05, 0) is 78.2 Å². The molecule has 2 unspecified atom stereocenters. The van der Waals surface area contributed by atoms with E-state index < -0.39 is 18.0 Å². The Balaban J connectivity index is 1.63. The summed E-state index contributed by atoms with van der Waals surface area (Å²) < 4.78 is 11.6. The number of rotatable bonds is 10. The van der Waals surface area contributed by atoms with Crippen molar-refractivity contribution in [3.63, 3.8) is 0 Å². The van der Waals surface area contributed by atoms with Crippen LogP contribution in [0.4, 0.5) is 22.7 Å². The lowest BCUT2D eigenvalue weighted by molar-refractivity contribution is 0.0113. The number of benzene rings is 4. The summed E-state index contributed by atoms with van der Waals surface area (Å²) in [6.07, 6.45) is -0.0156. The monoisotopic (exact) mass is 524 g/mol. The third-order valence-electron chi connectivity index (χ3n) is 6.53. The Morgan fingerprint density at radius 1 is 0.641 bits per heavy atom. The van der Waals surface area contributed by atoms with E-state index in [1.54, 1.807) is 54.6 Å². The Morgan fingerprint density at radius 2 is 1.18 bits per heavy atom. The highest BCUT2D eigenvalue weighted by Gasteiger charge is 2.30. The van der Waals surface area contributed by atoms with Gasteiger partial charge in [0, 0.05) is 35.1 Å². The second-order valence-corrected chi connectivity index (χ2v) is 9.25. The molecule has 39 heavy (non-hydrogen) atoms. The van der Waals surface area contributed by atoms with E-state index in [-0.39, 0.29) is 18.9 Å². The maximum Gasteiger partial charge on any atom is 0.338 e. The fourth-order valence-electron chi connectivity index (χ4n) is 4.38. The van der Waals surface area contributed by atoms with Crippen LogP contribution in [0.15, 0.2) is 97.1 Å². The van der Waals surface area contributed by atoms with Gasteiger partial charge in [-0.3, -0.25) is 0 Å². The number of anilines is 4. The molecule has 0 saturated carbocycles.